The standard InChI is InChI=1S/C16H14N2O2/c1-11-7-3-6-10-14(11)18-15(17)12-8-4-5-9-13(12)16(19)20-2/h3-10,17H,1H2,2H3. The summed E-state index contributed by atoms with van der Waals surface area (Å²) in [6, 6.07) is 6.76. The summed E-state index contributed by atoms with van der Waals surface area (Å²) in [5.74, 6) is -0.481. The molecule has 0 atom stereocenters. The van der Waals surface area contributed by atoms with Crippen LogP contribution in [0.1, 0.15) is 15.9 Å². The zero-order chi connectivity index (χ0) is 14.5. The molecular formula is C16H14N2O2. The molecule has 1 N–H and O–H groups in total. The van der Waals surface area contributed by atoms with Gasteiger partial charge in [-0.2, -0.15) is 0 Å². The number of benzene rings is 1. The number of nitrogens with one attached hydrogen (secondary N) is 1. The predicted molar refractivity (Wildman–Crippen MR) is 79.5 cm³/mol. The lowest BCUT2D eigenvalue weighted by atomic mass is 10.1. The zero-order valence-corrected chi connectivity index (χ0v) is 11.1. The summed E-state index contributed by atoms with van der Waals surface area (Å²) in [5.41, 5.74) is 2.10. The Hall–Kier alpha value is -2.75. The van der Waals surface area contributed by atoms with Gasteiger partial charge in [-0.1, -0.05) is 43.0 Å². The molecule has 20 heavy (non-hydrogen) atoms. The SMILES string of the molecule is C=C1C=CC=CC1=NC(=N)c1ccccc1C(=O)OC. The van der Waals surface area contributed by atoms with Gasteiger partial charge in [0, 0.05) is 5.56 Å². The third-order valence-electron chi connectivity index (χ3n) is 2.81. The molecule has 0 aromatic heterocycles. The molecule has 0 amide bonds. The van der Waals surface area contributed by atoms with Gasteiger partial charge in [0.25, 0.3) is 0 Å². The average molecular weight is 266 g/mol. The summed E-state index contributed by atoms with van der Waals surface area (Å²) in [4.78, 5) is 15.9. The van der Waals surface area contributed by atoms with Crippen LogP contribution in [0.5, 0.6) is 0 Å². The molecule has 1 aliphatic carbocycles. The number of esters is 1. The van der Waals surface area contributed by atoms with Crippen LogP contribution in [0.4, 0.5) is 0 Å². The van der Waals surface area contributed by atoms with Crippen molar-refractivity contribution in [3.63, 3.8) is 0 Å². The second-order valence-electron chi connectivity index (χ2n) is 4.13. The lowest BCUT2D eigenvalue weighted by molar-refractivity contribution is 0.0600. The number of rotatable bonds is 2. The quantitative estimate of drug-likeness (QED) is 0.508. The second-order valence-corrected chi connectivity index (χ2v) is 4.13. The van der Waals surface area contributed by atoms with E-state index in [1.165, 1.54) is 7.11 Å². The maximum atomic E-state index is 11.7. The molecular weight excluding hydrogens is 252 g/mol. The van der Waals surface area contributed by atoms with Crippen molar-refractivity contribution in [2.24, 2.45) is 4.99 Å². The van der Waals surface area contributed by atoms with Gasteiger partial charge in [0.1, 0.15) is 0 Å². The Morgan fingerprint density at radius 1 is 1.20 bits per heavy atom. The first kappa shape index (κ1) is 13.7. The van der Waals surface area contributed by atoms with Gasteiger partial charge in [-0.25, -0.2) is 9.79 Å². The average Bonchev–Trinajstić information content (AvgIpc) is 2.48. The highest BCUT2D eigenvalue weighted by molar-refractivity contribution is 6.19. The molecule has 0 unspecified atom stereocenters. The summed E-state index contributed by atoms with van der Waals surface area (Å²) in [7, 11) is 1.31. The van der Waals surface area contributed by atoms with E-state index in [0.29, 0.717) is 16.8 Å². The van der Waals surface area contributed by atoms with Crippen molar-refractivity contribution in [3.8, 4) is 0 Å². The molecule has 0 saturated carbocycles. The third-order valence-corrected chi connectivity index (χ3v) is 2.81. The van der Waals surface area contributed by atoms with Crippen molar-refractivity contribution >= 4 is 17.5 Å². The van der Waals surface area contributed by atoms with E-state index in [2.05, 4.69) is 11.6 Å². The smallest absolute Gasteiger partial charge is 0.338 e. The van der Waals surface area contributed by atoms with Crippen LogP contribution >= 0.6 is 0 Å². The number of hydrogen-bond donors (Lipinski definition) is 1. The van der Waals surface area contributed by atoms with Crippen LogP contribution in [-0.2, 0) is 4.74 Å². The highest BCUT2D eigenvalue weighted by atomic mass is 16.5. The Morgan fingerprint density at radius 2 is 1.85 bits per heavy atom. The van der Waals surface area contributed by atoms with E-state index < -0.39 is 5.97 Å². The van der Waals surface area contributed by atoms with E-state index in [1.807, 2.05) is 18.2 Å². The number of hydrogen-bond acceptors (Lipinski definition) is 3. The molecule has 2 rings (SSSR count). The van der Waals surface area contributed by atoms with Crippen LogP contribution in [-0.4, -0.2) is 24.6 Å². The van der Waals surface area contributed by atoms with Crippen LogP contribution in [0.3, 0.4) is 0 Å². The van der Waals surface area contributed by atoms with Gasteiger partial charge in [-0.05, 0) is 17.7 Å². The minimum Gasteiger partial charge on any atom is -0.465 e. The maximum absolute atomic E-state index is 11.7. The normalized spacial score (nSPS) is 15.4. The van der Waals surface area contributed by atoms with E-state index in [0.717, 1.165) is 5.57 Å². The Labute approximate surface area is 117 Å². The molecule has 0 saturated heterocycles. The first-order valence-electron chi connectivity index (χ1n) is 6.02. The first-order chi connectivity index (χ1) is 9.63. The monoisotopic (exact) mass is 266 g/mol. The van der Waals surface area contributed by atoms with E-state index in [4.69, 9.17) is 10.1 Å². The van der Waals surface area contributed by atoms with Gasteiger partial charge in [0.05, 0.1) is 18.4 Å². The maximum Gasteiger partial charge on any atom is 0.338 e. The number of carbonyl (C=O) groups excluding carboxylic acids is 1. The fourth-order valence-corrected chi connectivity index (χ4v) is 1.78. The third kappa shape index (κ3) is 2.80. The molecule has 0 radical (unpaired) electrons. The molecule has 0 fully saturated rings. The number of allylic oxidation sites excluding steroid dienone is 5. The fraction of sp³-hybridized carbons (Fsp3) is 0.0625. The number of ether oxygens (including phenoxy) is 1. The molecule has 0 bridgehead atoms. The number of carbonyl (C=O) groups is 1. The number of methoxy groups -OCH3 is 1. The molecule has 1 aliphatic rings. The van der Waals surface area contributed by atoms with Crippen molar-refractivity contribution in [2.45, 2.75) is 0 Å². The minimum absolute atomic E-state index is 0.00194. The molecule has 0 heterocycles. The van der Waals surface area contributed by atoms with Crippen molar-refractivity contribution < 1.29 is 9.53 Å². The van der Waals surface area contributed by atoms with Gasteiger partial charge >= 0.3 is 5.97 Å². The Kier molecular flexibility index (Phi) is 4.05. The largest absolute Gasteiger partial charge is 0.465 e. The lowest BCUT2D eigenvalue weighted by Crippen LogP contribution is -2.11. The summed E-state index contributed by atoms with van der Waals surface area (Å²) in [6.45, 7) is 3.86. The van der Waals surface area contributed by atoms with E-state index >= 15 is 0 Å². The van der Waals surface area contributed by atoms with Gasteiger partial charge in [-0.3, -0.25) is 5.41 Å². The number of nitrogens with zero attached hydrogens (tertiary/aromatic N) is 1. The van der Waals surface area contributed by atoms with Gasteiger partial charge in [0.15, 0.2) is 5.84 Å². The molecule has 0 aliphatic heterocycles. The second kappa shape index (κ2) is 5.93. The molecule has 4 heteroatoms. The van der Waals surface area contributed by atoms with Crippen LogP contribution in [0.15, 0.2) is 65.7 Å². The lowest BCUT2D eigenvalue weighted by Gasteiger charge is -2.08. The van der Waals surface area contributed by atoms with E-state index in [9.17, 15) is 4.79 Å². The van der Waals surface area contributed by atoms with Crippen LogP contribution in [0, 0.1) is 5.41 Å². The minimum atomic E-state index is -0.483. The fourth-order valence-electron chi connectivity index (χ4n) is 1.78. The summed E-state index contributed by atoms with van der Waals surface area (Å²) < 4.78 is 4.71. The van der Waals surface area contributed by atoms with E-state index in [-0.39, 0.29) is 5.84 Å². The molecule has 1 aromatic rings. The van der Waals surface area contributed by atoms with Crippen molar-refractivity contribution in [1.29, 1.82) is 5.41 Å². The summed E-state index contributed by atoms with van der Waals surface area (Å²) in [6.07, 6.45) is 7.27. The van der Waals surface area contributed by atoms with E-state index in [1.54, 1.807) is 30.3 Å². The molecule has 1 aromatic carbocycles. The van der Waals surface area contributed by atoms with Crippen LogP contribution < -0.4 is 0 Å². The Morgan fingerprint density at radius 3 is 2.50 bits per heavy atom. The number of amidine groups is 1. The molecule has 100 valence electrons. The van der Waals surface area contributed by atoms with Crippen molar-refractivity contribution in [2.75, 3.05) is 7.11 Å². The van der Waals surface area contributed by atoms with Gasteiger partial charge in [-0.15, -0.1) is 0 Å². The Balaban J connectivity index is 2.38. The molecule has 4 nitrogen and oxygen atoms in total. The topological polar surface area (TPSA) is 62.5 Å². The highest BCUT2D eigenvalue weighted by Crippen LogP contribution is 2.13. The van der Waals surface area contributed by atoms with Crippen LogP contribution in [0.25, 0.3) is 0 Å². The number of aliphatic imine (C=N–C) groups is 1. The summed E-state index contributed by atoms with van der Waals surface area (Å²) >= 11 is 0. The van der Waals surface area contributed by atoms with Crippen LogP contribution in [0.2, 0.25) is 0 Å². The summed E-state index contributed by atoms with van der Waals surface area (Å²) in [5, 5.41) is 8.07. The molecule has 0 spiro atoms. The van der Waals surface area contributed by atoms with Gasteiger partial charge < -0.3 is 4.74 Å². The highest BCUT2D eigenvalue weighted by Gasteiger charge is 2.14. The van der Waals surface area contributed by atoms with Crippen molar-refractivity contribution in [1.82, 2.24) is 0 Å². The first-order valence-corrected chi connectivity index (χ1v) is 6.02. The zero-order valence-electron chi connectivity index (χ0n) is 11.1. The van der Waals surface area contributed by atoms with Gasteiger partial charge in [0.2, 0.25) is 0 Å². The Bertz CT molecular complexity index is 667. The predicted octanol–water partition coefficient (Wildman–Crippen LogP) is 2.92. The van der Waals surface area contributed by atoms with Crippen molar-refractivity contribution in [3.05, 3.63) is 71.8 Å².